The SMILES string of the molecule is CC[Si](CC)c1ccc(N(C)C)cc1. The molecular formula is C12H20NSi. The van der Waals surface area contributed by atoms with Crippen LogP contribution in [-0.4, -0.2) is 22.9 Å². The van der Waals surface area contributed by atoms with Crippen LogP contribution in [0.2, 0.25) is 12.1 Å². The van der Waals surface area contributed by atoms with Gasteiger partial charge in [0.05, 0.1) is 8.80 Å². The van der Waals surface area contributed by atoms with Gasteiger partial charge < -0.3 is 4.90 Å². The van der Waals surface area contributed by atoms with Crippen molar-refractivity contribution in [2.24, 2.45) is 0 Å². The molecule has 1 aromatic rings. The van der Waals surface area contributed by atoms with Gasteiger partial charge in [-0.3, -0.25) is 0 Å². The van der Waals surface area contributed by atoms with Gasteiger partial charge in [0, 0.05) is 19.8 Å². The highest BCUT2D eigenvalue weighted by atomic mass is 28.3. The van der Waals surface area contributed by atoms with Crippen LogP contribution in [0.3, 0.4) is 0 Å². The molecule has 0 amide bonds. The average Bonchev–Trinajstić information content (AvgIpc) is 2.20. The van der Waals surface area contributed by atoms with Gasteiger partial charge in [-0.1, -0.05) is 43.3 Å². The fourth-order valence-electron chi connectivity index (χ4n) is 1.65. The monoisotopic (exact) mass is 206 g/mol. The second kappa shape index (κ2) is 5.20. The van der Waals surface area contributed by atoms with Crippen LogP contribution >= 0.6 is 0 Å². The van der Waals surface area contributed by atoms with Crippen LogP contribution < -0.4 is 10.1 Å². The largest absolute Gasteiger partial charge is 0.378 e. The van der Waals surface area contributed by atoms with Crippen LogP contribution in [0.25, 0.3) is 0 Å². The maximum Gasteiger partial charge on any atom is 0.0850 e. The van der Waals surface area contributed by atoms with Gasteiger partial charge in [0.2, 0.25) is 0 Å². The topological polar surface area (TPSA) is 3.24 Å². The second-order valence-corrected chi connectivity index (χ2v) is 6.95. The highest BCUT2D eigenvalue weighted by Crippen LogP contribution is 2.09. The molecular weight excluding hydrogens is 186 g/mol. The van der Waals surface area contributed by atoms with E-state index in [1.807, 2.05) is 0 Å². The standard InChI is InChI=1S/C12H20NSi/c1-5-14(6-2)12-9-7-11(8-10-12)13(3)4/h7-10H,5-6H2,1-4H3. The number of hydrogen-bond acceptors (Lipinski definition) is 1. The number of benzene rings is 1. The van der Waals surface area contributed by atoms with Gasteiger partial charge in [0.25, 0.3) is 0 Å². The second-order valence-electron chi connectivity index (χ2n) is 3.75. The first-order chi connectivity index (χ1) is 6.69. The number of nitrogens with zero attached hydrogens (tertiary/aromatic N) is 1. The molecule has 0 spiro atoms. The summed E-state index contributed by atoms with van der Waals surface area (Å²) < 4.78 is 0. The fourth-order valence-corrected chi connectivity index (χ4v) is 3.61. The maximum atomic E-state index is 2.30. The Morgan fingerprint density at radius 2 is 1.50 bits per heavy atom. The normalized spacial score (nSPS) is 10.6. The minimum Gasteiger partial charge on any atom is -0.378 e. The zero-order valence-corrected chi connectivity index (χ0v) is 10.7. The van der Waals surface area contributed by atoms with E-state index in [1.54, 1.807) is 5.19 Å². The smallest absolute Gasteiger partial charge is 0.0850 e. The molecule has 1 nitrogen and oxygen atoms in total. The van der Waals surface area contributed by atoms with E-state index in [2.05, 4.69) is 57.1 Å². The van der Waals surface area contributed by atoms with Crippen molar-refractivity contribution in [3.8, 4) is 0 Å². The molecule has 0 saturated heterocycles. The molecule has 0 atom stereocenters. The Kier molecular flexibility index (Phi) is 4.20. The summed E-state index contributed by atoms with van der Waals surface area (Å²) in [6.45, 7) is 4.61. The van der Waals surface area contributed by atoms with E-state index in [-0.39, 0.29) is 8.80 Å². The van der Waals surface area contributed by atoms with Gasteiger partial charge in [0.15, 0.2) is 0 Å². The van der Waals surface area contributed by atoms with Gasteiger partial charge in [-0.25, -0.2) is 0 Å². The van der Waals surface area contributed by atoms with Crippen molar-refractivity contribution in [3.63, 3.8) is 0 Å². The molecule has 0 saturated carbocycles. The van der Waals surface area contributed by atoms with E-state index in [9.17, 15) is 0 Å². The first-order valence-electron chi connectivity index (χ1n) is 5.31. The molecule has 1 radical (unpaired) electrons. The number of rotatable bonds is 4. The molecule has 0 aliphatic carbocycles. The van der Waals surface area contributed by atoms with Crippen molar-refractivity contribution in [1.82, 2.24) is 0 Å². The van der Waals surface area contributed by atoms with Gasteiger partial charge >= 0.3 is 0 Å². The average molecular weight is 206 g/mol. The Morgan fingerprint density at radius 3 is 1.86 bits per heavy atom. The van der Waals surface area contributed by atoms with Gasteiger partial charge in [-0.15, -0.1) is 0 Å². The van der Waals surface area contributed by atoms with E-state index in [0.717, 1.165) is 0 Å². The summed E-state index contributed by atoms with van der Waals surface area (Å²) >= 11 is 0. The molecule has 0 aliphatic heterocycles. The summed E-state index contributed by atoms with van der Waals surface area (Å²) in [6.07, 6.45) is 0. The van der Waals surface area contributed by atoms with Crippen LogP contribution in [0.5, 0.6) is 0 Å². The Hall–Kier alpha value is -0.763. The molecule has 1 rings (SSSR count). The summed E-state index contributed by atoms with van der Waals surface area (Å²) in [5.74, 6) is 0. The summed E-state index contributed by atoms with van der Waals surface area (Å²) in [6, 6.07) is 11.7. The molecule has 1 aromatic carbocycles. The highest BCUT2D eigenvalue weighted by Gasteiger charge is 2.08. The van der Waals surface area contributed by atoms with Crippen molar-refractivity contribution >= 4 is 19.7 Å². The highest BCUT2D eigenvalue weighted by molar-refractivity contribution is 6.73. The lowest BCUT2D eigenvalue weighted by molar-refractivity contribution is 1.13. The van der Waals surface area contributed by atoms with Crippen molar-refractivity contribution in [3.05, 3.63) is 24.3 Å². The van der Waals surface area contributed by atoms with Crippen LogP contribution in [0, 0.1) is 0 Å². The molecule has 0 aliphatic rings. The predicted octanol–water partition coefficient (Wildman–Crippen LogP) is 2.49. The lowest BCUT2D eigenvalue weighted by atomic mass is 10.3. The molecule has 77 valence electrons. The number of hydrogen-bond donors (Lipinski definition) is 0. The Bertz CT molecular complexity index is 262. The summed E-state index contributed by atoms with van der Waals surface area (Å²) in [7, 11) is 3.91. The Morgan fingerprint density at radius 1 is 1.00 bits per heavy atom. The van der Waals surface area contributed by atoms with Crippen molar-refractivity contribution in [1.29, 1.82) is 0 Å². The van der Waals surface area contributed by atoms with Gasteiger partial charge in [0.1, 0.15) is 0 Å². The van der Waals surface area contributed by atoms with E-state index in [0.29, 0.717) is 0 Å². The molecule has 0 unspecified atom stereocenters. The Balaban J connectivity index is 2.81. The van der Waals surface area contributed by atoms with Crippen molar-refractivity contribution in [2.45, 2.75) is 25.9 Å². The third-order valence-electron chi connectivity index (χ3n) is 2.65. The van der Waals surface area contributed by atoms with E-state index in [1.165, 1.54) is 17.8 Å². The molecule has 0 N–H and O–H groups in total. The molecule has 14 heavy (non-hydrogen) atoms. The molecule has 0 heterocycles. The van der Waals surface area contributed by atoms with Crippen LogP contribution in [0.15, 0.2) is 24.3 Å². The van der Waals surface area contributed by atoms with Crippen LogP contribution in [0.4, 0.5) is 5.69 Å². The first kappa shape index (κ1) is 11.3. The lowest BCUT2D eigenvalue weighted by Crippen LogP contribution is -2.28. The predicted molar refractivity (Wildman–Crippen MR) is 67.1 cm³/mol. The van der Waals surface area contributed by atoms with Gasteiger partial charge in [-0.2, -0.15) is 0 Å². The van der Waals surface area contributed by atoms with Crippen molar-refractivity contribution in [2.75, 3.05) is 19.0 Å². The lowest BCUT2D eigenvalue weighted by Gasteiger charge is -2.15. The fraction of sp³-hybridized carbons (Fsp3) is 0.500. The summed E-state index contributed by atoms with van der Waals surface area (Å²) in [5.41, 5.74) is 1.29. The first-order valence-corrected chi connectivity index (χ1v) is 7.22. The third kappa shape index (κ3) is 2.61. The van der Waals surface area contributed by atoms with E-state index >= 15 is 0 Å². The maximum absolute atomic E-state index is 2.30. The van der Waals surface area contributed by atoms with Gasteiger partial charge in [-0.05, 0) is 12.1 Å². The Labute approximate surface area is 89.4 Å². The number of anilines is 1. The molecule has 0 bridgehead atoms. The molecule has 0 fully saturated rings. The van der Waals surface area contributed by atoms with Crippen LogP contribution in [0.1, 0.15) is 13.8 Å². The zero-order chi connectivity index (χ0) is 10.6. The molecule has 0 aromatic heterocycles. The summed E-state index contributed by atoms with van der Waals surface area (Å²) in [5, 5.41) is 1.57. The molecule has 2 heteroatoms. The minimum absolute atomic E-state index is 0.261. The van der Waals surface area contributed by atoms with Crippen molar-refractivity contribution < 1.29 is 0 Å². The van der Waals surface area contributed by atoms with Crippen LogP contribution in [-0.2, 0) is 0 Å². The summed E-state index contributed by atoms with van der Waals surface area (Å²) in [4.78, 5) is 2.15. The quantitative estimate of drug-likeness (QED) is 0.684. The van der Waals surface area contributed by atoms with E-state index < -0.39 is 0 Å². The van der Waals surface area contributed by atoms with E-state index in [4.69, 9.17) is 0 Å². The minimum atomic E-state index is -0.261. The zero-order valence-electron chi connectivity index (χ0n) is 9.67. The third-order valence-corrected chi connectivity index (χ3v) is 5.50.